The Hall–Kier alpha value is -1.62. The first kappa shape index (κ1) is 11.5. The molecule has 2 N–H and O–H groups in total. The molecule has 0 saturated heterocycles. The van der Waals surface area contributed by atoms with Crippen LogP contribution < -0.4 is 10.6 Å². The Labute approximate surface area is 91.8 Å². The summed E-state index contributed by atoms with van der Waals surface area (Å²) in [4.78, 5) is 25.6. The van der Waals surface area contributed by atoms with Crippen molar-refractivity contribution in [2.75, 3.05) is 11.9 Å². The van der Waals surface area contributed by atoms with Gasteiger partial charge in [-0.05, 0) is 12.1 Å². The van der Waals surface area contributed by atoms with E-state index in [1.807, 2.05) is 0 Å². The van der Waals surface area contributed by atoms with Gasteiger partial charge in [0, 0.05) is 13.1 Å². The van der Waals surface area contributed by atoms with Gasteiger partial charge < -0.3 is 10.6 Å². The Morgan fingerprint density at radius 1 is 1.53 bits per heavy atom. The summed E-state index contributed by atoms with van der Waals surface area (Å²) in [5.41, 5.74) is 0. The first-order valence-corrected chi connectivity index (χ1v) is 4.62. The third kappa shape index (κ3) is 3.95. The minimum atomic E-state index is -0.370. The molecule has 0 atom stereocenters. The fourth-order valence-corrected chi connectivity index (χ4v) is 1.03. The zero-order valence-corrected chi connectivity index (χ0v) is 8.84. The van der Waals surface area contributed by atoms with E-state index in [1.54, 1.807) is 12.1 Å². The summed E-state index contributed by atoms with van der Waals surface area (Å²) in [6, 6.07) is 3.27. The van der Waals surface area contributed by atoms with Crippen molar-refractivity contribution in [2.45, 2.75) is 6.92 Å². The summed E-state index contributed by atoms with van der Waals surface area (Å²) >= 11 is 5.77. The number of hydrogen-bond donors (Lipinski definition) is 2. The van der Waals surface area contributed by atoms with E-state index >= 15 is 0 Å². The zero-order valence-electron chi connectivity index (χ0n) is 8.08. The predicted octanol–water partition coefficient (Wildman–Crippen LogP) is 0.810. The second-order valence-electron chi connectivity index (χ2n) is 2.79. The fourth-order valence-electron chi connectivity index (χ4n) is 0.859. The minimum absolute atomic E-state index is 0.0950. The molecule has 0 aliphatic carbocycles. The molecule has 0 aliphatic heterocycles. The summed E-state index contributed by atoms with van der Waals surface area (Å²) in [7, 11) is 0. The third-order valence-corrected chi connectivity index (χ3v) is 1.82. The maximum Gasteiger partial charge on any atom is 0.244 e. The van der Waals surface area contributed by atoms with Gasteiger partial charge in [-0.1, -0.05) is 11.6 Å². The lowest BCUT2D eigenvalue weighted by molar-refractivity contribution is -0.122. The summed E-state index contributed by atoms with van der Waals surface area (Å²) in [6.45, 7) is 1.24. The largest absolute Gasteiger partial charge is 0.347 e. The van der Waals surface area contributed by atoms with Crippen LogP contribution in [0.3, 0.4) is 0 Å². The van der Waals surface area contributed by atoms with Crippen molar-refractivity contribution in [1.82, 2.24) is 10.3 Å². The summed E-state index contributed by atoms with van der Waals surface area (Å²) in [6.07, 6.45) is 1.51. The van der Waals surface area contributed by atoms with Crippen LogP contribution in [0.15, 0.2) is 18.3 Å². The van der Waals surface area contributed by atoms with Crippen LogP contribution in [0.25, 0.3) is 0 Å². The van der Waals surface area contributed by atoms with Crippen LogP contribution in [0.2, 0.25) is 5.02 Å². The summed E-state index contributed by atoms with van der Waals surface area (Å²) in [5.74, 6) is -0.349. The topological polar surface area (TPSA) is 71.1 Å². The molecular weight excluding hydrogens is 218 g/mol. The second-order valence-corrected chi connectivity index (χ2v) is 3.20. The van der Waals surface area contributed by atoms with Crippen LogP contribution in [0.5, 0.6) is 0 Å². The molecule has 1 aromatic heterocycles. The monoisotopic (exact) mass is 227 g/mol. The van der Waals surface area contributed by atoms with E-state index in [0.717, 1.165) is 0 Å². The molecule has 0 saturated carbocycles. The average Bonchev–Trinajstić information content (AvgIpc) is 2.18. The van der Waals surface area contributed by atoms with Crippen LogP contribution in [-0.4, -0.2) is 23.3 Å². The first-order valence-electron chi connectivity index (χ1n) is 4.24. The van der Waals surface area contributed by atoms with Crippen molar-refractivity contribution in [3.05, 3.63) is 23.4 Å². The molecule has 1 aromatic rings. The van der Waals surface area contributed by atoms with E-state index in [1.165, 1.54) is 13.1 Å². The lowest BCUT2D eigenvalue weighted by Crippen LogP contribution is -2.31. The Morgan fingerprint density at radius 2 is 2.27 bits per heavy atom. The third-order valence-electron chi connectivity index (χ3n) is 1.51. The average molecular weight is 228 g/mol. The predicted molar refractivity (Wildman–Crippen MR) is 56.6 cm³/mol. The van der Waals surface area contributed by atoms with E-state index in [2.05, 4.69) is 15.6 Å². The van der Waals surface area contributed by atoms with Gasteiger partial charge in [-0.2, -0.15) is 0 Å². The molecule has 0 aliphatic rings. The highest BCUT2D eigenvalue weighted by molar-refractivity contribution is 6.33. The number of amides is 2. The molecule has 5 nitrogen and oxygen atoms in total. The number of carbonyl (C=O) groups is 2. The van der Waals surface area contributed by atoms with E-state index in [0.29, 0.717) is 5.02 Å². The van der Waals surface area contributed by atoms with Gasteiger partial charge in [0.25, 0.3) is 0 Å². The van der Waals surface area contributed by atoms with E-state index in [9.17, 15) is 9.59 Å². The molecule has 0 bridgehead atoms. The van der Waals surface area contributed by atoms with Gasteiger partial charge in [0.1, 0.15) is 0 Å². The van der Waals surface area contributed by atoms with E-state index in [4.69, 9.17) is 11.6 Å². The number of halogens is 1. The van der Waals surface area contributed by atoms with Gasteiger partial charge in [0.15, 0.2) is 5.82 Å². The Morgan fingerprint density at radius 3 is 2.87 bits per heavy atom. The lowest BCUT2D eigenvalue weighted by Gasteiger charge is -2.05. The van der Waals surface area contributed by atoms with Crippen LogP contribution in [-0.2, 0) is 9.59 Å². The van der Waals surface area contributed by atoms with Crippen molar-refractivity contribution in [3.63, 3.8) is 0 Å². The molecule has 0 radical (unpaired) electrons. The SMILES string of the molecule is CC(=O)NCC(=O)Nc1ncccc1Cl. The van der Waals surface area contributed by atoms with E-state index in [-0.39, 0.29) is 24.2 Å². The van der Waals surface area contributed by atoms with Crippen molar-refractivity contribution >= 4 is 29.2 Å². The van der Waals surface area contributed by atoms with Gasteiger partial charge in [-0.15, -0.1) is 0 Å². The first-order chi connectivity index (χ1) is 7.09. The maximum atomic E-state index is 11.2. The van der Waals surface area contributed by atoms with Crippen molar-refractivity contribution in [2.24, 2.45) is 0 Å². The molecule has 2 amide bonds. The molecule has 0 unspecified atom stereocenters. The number of nitrogens with one attached hydrogen (secondary N) is 2. The highest BCUT2D eigenvalue weighted by atomic mass is 35.5. The standard InChI is InChI=1S/C9H10ClN3O2/c1-6(14)12-5-8(15)13-9-7(10)3-2-4-11-9/h2-4H,5H2,1H3,(H,12,14)(H,11,13,15). The number of carbonyl (C=O) groups excluding carboxylic acids is 2. The van der Waals surface area contributed by atoms with Crippen molar-refractivity contribution < 1.29 is 9.59 Å². The minimum Gasteiger partial charge on any atom is -0.347 e. The number of aromatic nitrogens is 1. The summed E-state index contributed by atoms with van der Waals surface area (Å²) in [5, 5.41) is 5.19. The molecule has 0 aromatic carbocycles. The fraction of sp³-hybridized carbons (Fsp3) is 0.222. The van der Waals surface area contributed by atoms with Crippen LogP contribution >= 0.6 is 11.6 Å². The molecule has 15 heavy (non-hydrogen) atoms. The van der Waals surface area contributed by atoms with Crippen LogP contribution in [0.4, 0.5) is 5.82 Å². The quantitative estimate of drug-likeness (QED) is 0.803. The zero-order chi connectivity index (χ0) is 11.3. The van der Waals surface area contributed by atoms with Gasteiger partial charge in [0.2, 0.25) is 11.8 Å². The molecular formula is C9H10ClN3O2. The number of pyridine rings is 1. The molecule has 6 heteroatoms. The Balaban J connectivity index is 2.52. The smallest absolute Gasteiger partial charge is 0.244 e. The highest BCUT2D eigenvalue weighted by Gasteiger charge is 2.06. The molecule has 80 valence electrons. The van der Waals surface area contributed by atoms with Gasteiger partial charge in [-0.25, -0.2) is 4.98 Å². The number of nitrogens with zero attached hydrogens (tertiary/aromatic N) is 1. The van der Waals surface area contributed by atoms with Gasteiger partial charge >= 0.3 is 0 Å². The normalized spacial score (nSPS) is 9.47. The van der Waals surface area contributed by atoms with Gasteiger partial charge in [-0.3, -0.25) is 9.59 Å². The Kier molecular flexibility index (Phi) is 4.05. The van der Waals surface area contributed by atoms with Gasteiger partial charge in [0.05, 0.1) is 11.6 Å². The van der Waals surface area contributed by atoms with Crippen LogP contribution in [0, 0.1) is 0 Å². The maximum absolute atomic E-state index is 11.2. The highest BCUT2D eigenvalue weighted by Crippen LogP contribution is 2.16. The van der Waals surface area contributed by atoms with Crippen LogP contribution in [0.1, 0.15) is 6.92 Å². The summed E-state index contributed by atoms with van der Waals surface area (Å²) < 4.78 is 0. The van der Waals surface area contributed by atoms with E-state index < -0.39 is 0 Å². The number of hydrogen-bond acceptors (Lipinski definition) is 3. The molecule has 0 fully saturated rings. The lowest BCUT2D eigenvalue weighted by atomic mass is 10.4. The Bertz CT molecular complexity index is 381. The number of rotatable bonds is 3. The molecule has 0 spiro atoms. The van der Waals surface area contributed by atoms with Crippen molar-refractivity contribution in [3.8, 4) is 0 Å². The molecule has 1 rings (SSSR count). The number of anilines is 1. The van der Waals surface area contributed by atoms with Crippen molar-refractivity contribution in [1.29, 1.82) is 0 Å². The second kappa shape index (κ2) is 5.31. The molecule has 1 heterocycles.